The molecule has 0 radical (unpaired) electrons. The predicted octanol–water partition coefficient (Wildman–Crippen LogP) is 6.91. The quantitative estimate of drug-likeness (QED) is 0.151. The first-order valence-corrected chi connectivity index (χ1v) is 13.3. The van der Waals surface area contributed by atoms with Crippen molar-refractivity contribution in [3.05, 3.63) is 72.5 Å². The fourth-order valence-corrected chi connectivity index (χ4v) is 4.20. The van der Waals surface area contributed by atoms with Gasteiger partial charge in [-0.25, -0.2) is 9.97 Å². The Hall–Kier alpha value is -3.04. The third kappa shape index (κ3) is 9.89. The number of rotatable bonds is 7. The van der Waals surface area contributed by atoms with Crippen LogP contribution >= 0.6 is 11.9 Å². The van der Waals surface area contributed by atoms with Gasteiger partial charge in [-0.3, -0.25) is 5.32 Å². The fraction of sp³-hybridized carbons (Fsp3) is 0.286. The second-order valence-corrected chi connectivity index (χ2v) is 8.86. The van der Waals surface area contributed by atoms with E-state index in [0.29, 0.717) is 28.8 Å². The van der Waals surface area contributed by atoms with Crippen LogP contribution in [-0.4, -0.2) is 42.1 Å². The summed E-state index contributed by atoms with van der Waals surface area (Å²) >= 11 is 1.37. The molecule has 1 unspecified atom stereocenters. The van der Waals surface area contributed by atoms with E-state index in [0.717, 1.165) is 41.0 Å². The third-order valence-corrected chi connectivity index (χ3v) is 6.10. The average Bonchev–Trinajstić information content (AvgIpc) is 3.44. The summed E-state index contributed by atoms with van der Waals surface area (Å²) in [6.07, 6.45) is 1.85. The Labute approximate surface area is 248 Å². The number of aliphatic hydroxyl groups is 1. The van der Waals surface area contributed by atoms with Crippen molar-refractivity contribution in [1.82, 2.24) is 15.3 Å². The molecule has 0 bridgehead atoms. The Balaban J connectivity index is 0.000000517. The number of nitrogens with zero attached hydrogens (tertiary/aromatic N) is 2. The van der Waals surface area contributed by atoms with Crippen molar-refractivity contribution in [1.29, 1.82) is 0 Å². The van der Waals surface area contributed by atoms with Crippen LogP contribution in [0.1, 0.15) is 26.7 Å². The molecule has 11 heteroatoms. The molecule has 1 atom stereocenters. The Morgan fingerprint density at radius 3 is 2.08 bits per heavy atom. The molecule has 2 heterocycles. The normalized spacial score (nSPS) is 13.6. The molecule has 1 aromatic heterocycles. The van der Waals surface area contributed by atoms with Gasteiger partial charge in [0, 0.05) is 49.8 Å². The molecule has 0 aliphatic carbocycles. The van der Waals surface area contributed by atoms with Gasteiger partial charge < -0.3 is 30.4 Å². The number of fused-ring (bicyclic) bond motifs is 1. The van der Waals surface area contributed by atoms with Crippen LogP contribution < -0.4 is 24.8 Å². The van der Waals surface area contributed by atoms with Gasteiger partial charge in [0.15, 0.2) is 11.6 Å². The number of hydrogen-bond donors (Lipinski definition) is 4. The average molecular weight is 720 g/mol. The van der Waals surface area contributed by atoms with Crippen molar-refractivity contribution in [2.24, 2.45) is 0 Å². The van der Waals surface area contributed by atoms with Gasteiger partial charge in [-0.05, 0) is 49.5 Å². The zero-order valence-corrected chi connectivity index (χ0v) is 26.3. The minimum absolute atomic E-state index is 0. The van der Waals surface area contributed by atoms with Crippen molar-refractivity contribution in [3.8, 4) is 11.5 Å². The van der Waals surface area contributed by atoms with E-state index in [1.807, 2.05) is 62.4 Å². The number of para-hydroxylation sites is 2. The smallest absolute Gasteiger partial charge is 0.180 e. The van der Waals surface area contributed by atoms with Crippen LogP contribution in [0.4, 0.5) is 23.0 Å². The SMILES string of the molecule is CC.COc1cc(Nc2nc3ccccc3nc2NSc2cccc([NH-])c2)cc(OC)c1.OC1CCCN1.[W]. The summed E-state index contributed by atoms with van der Waals surface area (Å²) in [4.78, 5) is 10.4. The molecule has 9 nitrogen and oxygen atoms in total. The van der Waals surface area contributed by atoms with Gasteiger partial charge in [0.2, 0.25) is 0 Å². The Morgan fingerprint density at radius 2 is 1.56 bits per heavy atom. The number of aliphatic hydroxyl groups excluding tert-OH is 1. The minimum Gasteiger partial charge on any atom is -0.699 e. The summed E-state index contributed by atoms with van der Waals surface area (Å²) < 4.78 is 14.0. The van der Waals surface area contributed by atoms with E-state index in [2.05, 4.69) is 15.4 Å². The molecule has 0 spiro atoms. The van der Waals surface area contributed by atoms with Crippen molar-refractivity contribution in [3.63, 3.8) is 0 Å². The molecular formula is C28H35N6O3SW-. The van der Waals surface area contributed by atoms with Crippen molar-refractivity contribution in [2.45, 2.75) is 37.8 Å². The zero-order valence-electron chi connectivity index (χ0n) is 22.5. The predicted molar refractivity (Wildman–Crippen MR) is 157 cm³/mol. The van der Waals surface area contributed by atoms with Gasteiger partial charge in [0.05, 0.1) is 25.3 Å². The Kier molecular flexibility index (Phi) is 13.9. The zero-order chi connectivity index (χ0) is 27.3. The van der Waals surface area contributed by atoms with Gasteiger partial charge in [0.25, 0.3) is 0 Å². The van der Waals surface area contributed by atoms with Gasteiger partial charge in [-0.1, -0.05) is 44.2 Å². The fourth-order valence-electron chi connectivity index (χ4n) is 3.51. The van der Waals surface area contributed by atoms with E-state index >= 15 is 0 Å². The number of ether oxygens (including phenoxy) is 2. The van der Waals surface area contributed by atoms with E-state index in [-0.39, 0.29) is 27.3 Å². The summed E-state index contributed by atoms with van der Waals surface area (Å²) in [6.45, 7) is 4.99. The van der Waals surface area contributed by atoms with Crippen molar-refractivity contribution < 1.29 is 35.6 Å². The topological polar surface area (TPSA) is 124 Å². The van der Waals surface area contributed by atoms with Crippen LogP contribution in [0.2, 0.25) is 0 Å². The number of hydrogen-bond acceptors (Lipinski definition) is 9. The molecule has 5 rings (SSSR count). The molecule has 3 aromatic carbocycles. The van der Waals surface area contributed by atoms with Crippen LogP contribution in [0.3, 0.4) is 0 Å². The number of anilines is 3. The number of benzene rings is 3. The summed E-state index contributed by atoms with van der Waals surface area (Å²) in [6, 6.07) is 20.5. The van der Waals surface area contributed by atoms with Crippen LogP contribution in [0.15, 0.2) is 71.6 Å². The summed E-state index contributed by atoms with van der Waals surface area (Å²) in [5.74, 6) is 2.48. The van der Waals surface area contributed by atoms with Gasteiger partial charge in [0.1, 0.15) is 17.7 Å². The molecule has 208 valence electrons. The molecule has 1 fully saturated rings. The van der Waals surface area contributed by atoms with E-state index in [1.165, 1.54) is 11.9 Å². The van der Waals surface area contributed by atoms with E-state index in [1.54, 1.807) is 32.4 Å². The van der Waals surface area contributed by atoms with Crippen molar-refractivity contribution in [2.75, 3.05) is 30.8 Å². The minimum atomic E-state index is -0.204. The molecule has 1 aliphatic rings. The molecule has 1 saturated heterocycles. The number of aromatic nitrogens is 2. The van der Waals surface area contributed by atoms with Gasteiger partial charge in [-0.2, -0.15) is 0 Å². The molecular weight excluding hydrogens is 684 g/mol. The Bertz CT molecular complexity index is 1290. The van der Waals surface area contributed by atoms with E-state index in [9.17, 15) is 0 Å². The first-order chi connectivity index (χ1) is 18.5. The van der Waals surface area contributed by atoms with Gasteiger partial charge in [-0.15, -0.1) is 5.69 Å². The molecule has 0 amide bonds. The third-order valence-electron chi connectivity index (χ3n) is 5.32. The number of nitrogens with one attached hydrogen (secondary N) is 4. The second kappa shape index (κ2) is 16.8. The molecule has 5 N–H and O–H groups in total. The van der Waals surface area contributed by atoms with E-state index in [4.69, 9.17) is 30.3 Å². The standard InChI is InChI=1S/C22H20N5O2S.C4H9NO.C2H6.W/c1-28-16-11-15(12-17(13-16)29-2)24-21-22(26-20-9-4-3-8-19(20)25-21)27-30-18-7-5-6-14(23)10-18;6-4-2-1-3-5-4;1-2;/h3-13,23H,1-2H3,(H,24,25)(H,26,27);4-6H,1-3H2;1-2H3;/q-1;;;. The maximum atomic E-state index is 8.62. The van der Waals surface area contributed by atoms with Crippen molar-refractivity contribution >= 4 is 46.0 Å². The second-order valence-electron chi connectivity index (χ2n) is 7.98. The maximum Gasteiger partial charge on any atom is 0.180 e. The summed E-state index contributed by atoms with van der Waals surface area (Å²) in [5, 5.41) is 14.8. The largest absolute Gasteiger partial charge is 0.699 e. The first-order valence-electron chi connectivity index (χ1n) is 12.5. The Morgan fingerprint density at radius 1 is 0.923 bits per heavy atom. The summed E-state index contributed by atoms with van der Waals surface area (Å²) in [5.41, 5.74) is 10.6. The number of methoxy groups -OCH3 is 2. The van der Waals surface area contributed by atoms with Crippen LogP contribution in [-0.2, 0) is 21.1 Å². The first kappa shape index (κ1) is 32.2. The molecule has 39 heavy (non-hydrogen) atoms. The van der Waals surface area contributed by atoms with Crippen LogP contribution in [0.5, 0.6) is 11.5 Å². The molecule has 1 aliphatic heterocycles. The van der Waals surface area contributed by atoms with Crippen LogP contribution in [0.25, 0.3) is 16.8 Å². The van der Waals surface area contributed by atoms with Gasteiger partial charge >= 0.3 is 0 Å². The molecule has 4 aromatic rings. The van der Waals surface area contributed by atoms with E-state index < -0.39 is 0 Å². The monoisotopic (exact) mass is 719 g/mol. The van der Waals surface area contributed by atoms with Crippen LogP contribution in [0, 0.1) is 0 Å². The maximum absolute atomic E-state index is 8.62. The summed E-state index contributed by atoms with van der Waals surface area (Å²) in [7, 11) is 3.22. The molecule has 0 saturated carbocycles.